The van der Waals surface area contributed by atoms with Crippen molar-refractivity contribution in [2.75, 3.05) is 0 Å². The lowest BCUT2D eigenvalue weighted by Gasteiger charge is -2.28. The summed E-state index contributed by atoms with van der Waals surface area (Å²) in [7, 11) is 0. The van der Waals surface area contributed by atoms with Gasteiger partial charge in [0.2, 0.25) is 5.91 Å². The summed E-state index contributed by atoms with van der Waals surface area (Å²) < 4.78 is 13.6. The third kappa shape index (κ3) is 3.10. The Hall–Kier alpha value is -0.900. The minimum absolute atomic E-state index is 0.0994. The Morgan fingerprint density at radius 2 is 2.11 bits per heavy atom. The summed E-state index contributed by atoms with van der Waals surface area (Å²) in [6.07, 6.45) is 4.56. The van der Waals surface area contributed by atoms with Crippen LogP contribution < -0.4 is 0 Å². The van der Waals surface area contributed by atoms with Gasteiger partial charge in [-0.05, 0) is 46.5 Å². The van der Waals surface area contributed by atoms with Crippen LogP contribution in [-0.4, -0.2) is 16.8 Å². The number of hydrogen-bond donors (Lipinski definition) is 0. The van der Waals surface area contributed by atoms with Crippen molar-refractivity contribution in [1.82, 2.24) is 4.90 Å². The van der Waals surface area contributed by atoms with Crippen LogP contribution in [0.1, 0.15) is 38.2 Å². The quantitative estimate of drug-likeness (QED) is 0.829. The van der Waals surface area contributed by atoms with Crippen molar-refractivity contribution >= 4 is 21.8 Å². The van der Waals surface area contributed by atoms with Gasteiger partial charge in [0, 0.05) is 19.5 Å². The van der Waals surface area contributed by atoms with E-state index in [4.69, 9.17) is 0 Å². The van der Waals surface area contributed by atoms with Crippen molar-refractivity contribution in [1.29, 1.82) is 0 Å². The molecule has 0 bridgehead atoms. The van der Waals surface area contributed by atoms with Crippen molar-refractivity contribution < 1.29 is 9.18 Å². The zero-order valence-electron chi connectivity index (χ0n) is 10.5. The molecule has 0 unspecified atom stereocenters. The van der Waals surface area contributed by atoms with Gasteiger partial charge in [-0.1, -0.05) is 18.9 Å². The molecule has 0 radical (unpaired) electrons. The molecule has 4 heteroatoms. The summed E-state index contributed by atoms with van der Waals surface area (Å²) >= 11 is 3.18. The number of amides is 1. The second kappa shape index (κ2) is 5.83. The number of benzene rings is 1. The second-order valence-corrected chi connectivity index (χ2v) is 5.69. The Morgan fingerprint density at radius 1 is 1.44 bits per heavy atom. The number of hydrogen-bond acceptors (Lipinski definition) is 1. The van der Waals surface area contributed by atoms with Crippen LogP contribution in [0.3, 0.4) is 0 Å². The number of rotatable bonds is 3. The summed E-state index contributed by atoms with van der Waals surface area (Å²) in [5.74, 6) is -0.170. The first-order valence-electron chi connectivity index (χ1n) is 6.29. The molecule has 1 fully saturated rings. The Labute approximate surface area is 115 Å². The predicted molar refractivity (Wildman–Crippen MR) is 72.6 cm³/mol. The van der Waals surface area contributed by atoms with Crippen molar-refractivity contribution in [2.24, 2.45) is 0 Å². The van der Waals surface area contributed by atoms with E-state index in [0.717, 1.165) is 18.4 Å². The molecule has 1 aliphatic rings. The minimum atomic E-state index is -0.269. The van der Waals surface area contributed by atoms with Crippen LogP contribution in [-0.2, 0) is 11.3 Å². The highest BCUT2D eigenvalue weighted by atomic mass is 79.9. The van der Waals surface area contributed by atoms with Crippen molar-refractivity contribution in [3.8, 4) is 0 Å². The summed E-state index contributed by atoms with van der Waals surface area (Å²) in [6.45, 7) is 2.18. The number of nitrogens with zero attached hydrogens (tertiary/aromatic N) is 1. The average molecular weight is 314 g/mol. The number of carbonyl (C=O) groups is 1. The second-order valence-electron chi connectivity index (χ2n) is 4.83. The zero-order chi connectivity index (χ0) is 13.1. The number of carbonyl (C=O) groups excluding carboxylic acids is 1. The van der Waals surface area contributed by atoms with Crippen molar-refractivity contribution in [3.05, 3.63) is 34.1 Å². The number of halogens is 2. The Kier molecular flexibility index (Phi) is 4.38. The van der Waals surface area contributed by atoms with Crippen molar-refractivity contribution in [3.63, 3.8) is 0 Å². The van der Waals surface area contributed by atoms with E-state index in [1.165, 1.54) is 18.9 Å². The third-order valence-corrected chi connectivity index (χ3v) is 4.11. The molecule has 0 saturated heterocycles. The largest absolute Gasteiger partial charge is 0.336 e. The summed E-state index contributed by atoms with van der Waals surface area (Å²) in [4.78, 5) is 13.6. The lowest BCUT2D eigenvalue weighted by Crippen LogP contribution is -2.36. The first kappa shape index (κ1) is 13.5. The average Bonchev–Trinajstić information content (AvgIpc) is 2.83. The van der Waals surface area contributed by atoms with E-state index in [-0.39, 0.29) is 11.7 Å². The first-order chi connectivity index (χ1) is 8.58. The fourth-order valence-corrected chi connectivity index (χ4v) is 2.97. The Morgan fingerprint density at radius 3 is 2.67 bits per heavy atom. The van der Waals surface area contributed by atoms with Crippen LogP contribution in [0.15, 0.2) is 22.7 Å². The van der Waals surface area contributed by atoms with E-state index in [2.05, 4.69) is 15.9 Å². The van der Waals surface area contributed by atoms with Crippen LogP contribution in [0.5, 0.6) is 0 Å². The van der Waals surface area contributed by atoms with Gasteiger partial charge in [-0.3, -0.25) is 4.79 Å². The molecule has 0 spiro atoms. The van der Waals surface area contributed by atoms with Gasteiger partial charge in [0.15, 0.2) is 0 Å². The molecule has 0 aromatic heterocycles. The molecule has 18 heavy (non-hydrogen) atoms. The highest BCUT2D eigenvalue weighted by Crippen LogP contribution is 2.26. The zero-order valence-corrected chi connectivity index (χ0v) is 12.0. The van der Waals surface area contributed by atoms with E-state index >= 15 is 0 Å². The molecule has 0 heterocycles. The monoisotopic (exact) mass is 313 g/mol. The van der Waals surface area contributed by atoms with Crippen molar-refractivity contribution in [2.45, 2.75) is 45.2 Å². The molecular weight excluding hydrogens is 297 g/mol. The SMILES string of the molecule is CC(=O)N(Cc1ccc(F)c(Br)c1)C1CCCC1. The van der Waals surface area contributed by atoms with E-state index in [0.29, 0.717) is 17.1 Å². The normalized spacial score (nSPS) is 15.9. The Balaban J connectivity index is 2.12. The third-order valence-electron chi connectivity index (χ3n) is 3.51. The van der Waals surface area contributed by atoms with Gasteiger partial charge in [0.05, 0.1) is 4.47 Å². The van der Waals surface area contributed by atoms with E-state index in [9.17, 15) is 9.18 Å². The maximum atomic E-state index is 13.2. The Bertz CT molecular complexity index is 443. The molecule has 2 nitrogen and oxygen atoms in total. The van der Waals surface area contributed by atoms with Gasteiger partial charge in [0.25, 0.3) is 0 Å². The van der Waals surface area contributed by atoms with Gasteiger partial charge < -0.3 is 4.90 Å². The van der Waals surface area contributed by atoms with Crippen LogP contribution in [0.4, 0.5) is 4.39 Å². The van der Waals surface area contributed by atoms with Gasteiger partial charge in [-0.25, -0.2) is 4.39 Å². The highest BCUT2D eigenvalue weighted by Gasteiger charge is 2.24. The van der Waals surface area contributed by atoms with Crippen LogP contribution in [0, 0.1) is 5.82 Å². The molecule has 1 aromatic rings. The van der Waals surface area contributed by atoms with E-state index in [1.807, 2.05) is 4.90 Å². The summed E-state index contributed by atoms with van der Waals surface area (Å²) in [5, 5.41) is 0. The molecule has 0 aliphatic heterocycles. The molecule has 1 amide bonds. The maximum Gasteiger partial charge on any atom is 0.219 e. The predicted octanol–water partition coefficient (Wildman–Crippen LogP) is 3.88. The van der Waals surface area contributed by atoms with Gasteiger partial charge in [-0.2, -0.15) is 0 Å². The van der Waals surface area contributed by atoms with Crippen LogP contribution in [0.25, 0.3) is 0 Å². The molecule has 0 atom stereocenters. The van der Waals surface area contributed by atoms with Gasteiger partial charge in [-0.15, -0.1) is 0 Å². The standard InChI is InChI=1S/C14H17BrFNO/c1-10(18)17(12-4-2-3-5-12)9-11-6-7-14(16)13(15)8-11/h6-8,12H,2-5,9H2,1H3. The smallest absolute Gasteiger partial charge is 0.219 e. The first-order valence-corrected chi connectivity index (χ1v) is 7.08. The van der Waals surface area contributed by atoms with Crippen LogP contribution >= 0.6 is 15.9 Å². The molecule has 2 rings (SSSR count). The van der Waals surface area contributed by atoms with Gasteiger partial charge >= 0.3 is 0 Å². The van der Waals surface area contributed by atoms with E-state index in [1.54, 1.807) is 19.1 Å². The summed E-state index contributed by atoms with van der Waals surface area (Å²) in [6, 6.07) is 5.28. The topological polar surface area (TPSA) is 20.3 Å². The fraction of sp³-hybridized carbons (Fsp3) is 0.500. The highest BCUT2D eigenvalue weighted by molar-refractivity contribution is 9.10. The molecule has 98 valence electrons. The molecular formula is C14H17BrFNO. The lowest BCUT2D eigenvalue weighted by molar-refractivity contribution is -0.131. The molecule has 1 aliphatic carbocycles. The molecule has 0 N–H and O–H groups in total. The minimum Gasteiger partial charge on any atom is -0.336 e. The lowest BCUT2D eigenvalue weighted by atomic mass is 10.1. The van der Waals surface area contributed by atoms with Gasteiger partial charge in [0.1, 0.15) is 5.82 Å². The maximum absolute atomic E-state index is 13.2. The molecule has 1 aromatic carbocycles. The molecule has 1 saturated carbocycles. The summed E-state index contributed by atoms with van der Waals surface area (Å²) in [5.41, 5.74) is 0.963. The van der Waals surface area contributed by atoms with Crippen LogP contribution in [0.2, 0.25) is 0 Å². The van der Waals surface area contributed by atoms with E-state index < -0.39 is 0 Å². The fourth-order valence-electron chi connectivity index (χ4n) is 2.55.